The predicted molar refractivity (Wildman–Crippen MR) is 96.1 cm³/mol. The van der Waals surface area contributed by atoms with Crippen molar-refractivity contribution in [2.45, 2.75) is 12.7 Å². The Balaban J connectivity index is 1.76. The molecule has 0 saturated carbocycles. The van der Waals surface area contributed by atoms with Crippen molar-refractivity contribution in [1.29, 1.82) is 0 Å². The summed E-state index contributed by atoms with van der Waals surface area (Å²) in [6.45, 7) is 2.67. The van der Waals surface area contributed by atoms with Crippen LogP contribution in [0.1, 0.15) is 21.5 Å². The van der Waals surface area contributed by atoms with Gasteiger partial charge in [0.2, 0.25) is 0 Å². The van der Waals surface area contributed by atoms with Gasteiger partial charge in [-0.2, -0.15) is 11.8 Å². The highest BCUT2D eigenvalue weighted by atomic mass is 35.5. The summed E-state index contributed by atoms with van der Waals surface area (Å²) >= 11 is 13.8. The van der Waals surface area contributed by atoms with E-state index < -0.39 is 0 Å². The molecule has 2 aromatic rings. The zero-order valence-electron chi connectivity index (χ0n) is 12.2. The van der Waals surface area contributed by atoms with Crippen LogP contribution in [0, 0.1) is 6.92 Å². The average Bonchev–Trinajstić information content (AvgIpc) is 2.47. The molecular weight excluding hydrogens is 337 g/mol. The maximum absolute atomic E-state index is 12.1. The molecule has 0 aliphatic rings. The van der Waals surface area contributed by atoms with Crippen molar-refractivity contribution in [1.82, 2.24) is 5.32 Å². The van der Waals surface area contributed by atoms with Crippen LogP contribution in [0.25, 0.3) is 0 Å². The molecule has 1 N–H and O–H groups in total. The summed E-state index contributed by atoms with van der Waals surface area (Å²) in [5.74, 6) is 1.54. The van der Waals surface area contributed by atoms with E-state index in [-0.39, 0.29) is 5.91 Å². The molecular formula is C17H17Cl2NOS. The average molecular weight is 354 g/mol. The van der Waals surface area contributed by atoms with E-state index in [4.69, 9.17) is 23.2 Å². The minimum absolute atomic E-state index is 0.230. The number of aryl methyl sites for hydroxylation is 1. The third-order valence-electron chi connectivity index (χ3n) is 3.07. The largest absolute Gasteiger partial charge is 0.351 e. The summed E-state index contributed by atoms with van der Waals surface area (Å²) in [6.07, 6.45) is 0. The van der Waals surface area contributed by atoms with Gasteiger partial charge in [-0.1, -0.05) is 59.1 Å². The number of carbonyl (C=O) groups excluding carboxylic acids is 1. The van der Waals surface area contributed by atoms with Crippen molar-refractivity contribution in [3.05, 3.63) is 69.2 Å². The molecule has 1 amide bonds. The molecule has 0 unspecified atom stereocenters. The maximum atomic E-state index is 12.1. The number of amides is 1. The van der Waals surface area contributed by atoms with Crippen molar-refractivity contribution < 1.29 is 4.79 Å². The van der Waals surface area contributed by atoms with Crippen LogP contribution in [0.4, 0.5) is 0 Å². The number of nitrogens with one attached hydrogen (secondary N) is 1. The third kappa shape index (κ3) is 4.94. The van der Waals surface area contributed by atoms with Crippen LogP contribution in [0.15, 0.2) is 42.5 Å². The molecule has 0 radical (unpaired) electrons. The zero-order chi connectivity index (χ0) is 15.9. The lowest BCUT2D eigenvalue weighted by Crippen LogP contribution is -2.26. The van der Waals surface area contributed by atoms with E-state index in [1.54, 1.807) is 30.0 Å². The summed E-state index contributed by atoms with van der Waals surface area (Å²) in [4.78, 5) is 12.1. The zero-order valence-corrected chi connectivity index (χ0v) is 14.6. The van der Waals surface area contributed by atoms with Crippen LogP contribution in [0.5, 0.6) is 0 Å². The number of thioether (sulfide) groups is 1. The topological polar surface area (TPSA) is 29.1 Å². The molecule has 0 fully saturated rings. The van der Waals surface area contributed by atoms with Gasteiger partial charge in [-0.3, -0.25) is 4.79 Å². The Morgan fingerprint density at radius 3 is 2.50 bits per heavy atom. The minimum Gasteiger partial charge on any atom is -0.351 e. The van der Waals surface area contributed by atoms with E-state index in [1.165, 1.54) is 11.1 Å². The summed E-state index contributed by atoms with van der Waals surface area (Å²) in [5, 5.41) is 3.59. The molecule has 22 heavy (non-hydrogen) atoms. The number of carbonyl (C=O) groups is 1. The number of halogens is 2. The first kappa shape index (κ1) is 17.2. The first-order valence-electron chi connectivity index (χ1n) is 6.93. The standard InChI is InChI=1S/C17H17Cl2NOS/c1-12-4-2-5-13(10-12)11-22-9-8-20-17(21)16-14(18)6-3-7-15(16)19/h2-7,10H,8-9,11H2,1H3,(H,20,21). The summed E-state index contributed by atoms with van der Waals surface area (Å²) < 4.78 is 0. The van der Waals surface area contributed by atoms with Crippen LogP contribution >= 0.6 is 35.0 Å². The minimum atomic E-state index is -0.230. The molecule has 0 saturated heterocycles. The molecule has 0 bridgehead atoms. The van der Waals surface area contributed by atoms with Crippen molar-refractivity contribution in [3.63, 3.8) is 0 Å². The van der Waals surface area contributed by atoms with Crippen LogP contribution in [0.2, 0.25) is 10.0 Å². The van der Waals surface area contributed by atoms with Gasteiger partial charge in [0.05, 0.1) is 15.6 Å². The molecule has 0 aromatic heterocycles. The Morgan fingerprint density at radius 2 is 1.82 bits per heavy atom. The fraction of sp³-hybridized carbons (Fsp3) is 0.235. The molecule has 2 nitrogen and oxygen atoms in total. The van der Waals surface area contributed by atoms with Crippen LogP contribution in [-0.4, -0.2) is 18.2 Å². The van der Waals surface area contributed by atoms with E-state index in [0.29, 0.717) is 22.2 Å². The Kier molecular flexibility index (Phi) is 6.62. The highest BCUT2D eigenvalue weighted by Gasteiger charge is 2.13. The summed E-state index contributed by atoms with van der Waals surface area (Å²) in [5.41, 5.74) is 2.90. The van der Waals surface area contributed by atoms with Crippen molar-refractivity contribution in [2.24, 2.45) is 0 Å². The van der Waals surface area contributed by atoms with Gasteiger partial charge >= 0.3 is 0 Å². The van der Waals surface area contributed by atoms with Gasteiger partial charge in [0.25, 0.3) is 5.91 Å². The summed E-state index contributed by atoms with van der Waals surface area (Å²) in [7, 11) is 0. The van der Waals surface area contributed by atoms with Gasteiger partial charge < -0.3 is 5.32 Å². The van der Waals surface area contributed by atoms with Crippen LogP contribution < -0.4 is 5.32 Å². The Hall–Kier alpha value is -1.16. The van der Waals surface area contributed by atoms with E-state index in [2.05, 4.69) is 36.5 Å². The van der Waals surface area contributed by atoms with Gasteiger partial charge in [0.15, 0.2) is 0 Å². The highest BCUT2D eigenvalue weighted by molar-refractivity contribution is 7.98. The van der Waals surface area contributed by atoms with Gasteiger partial charge in [-0.05, 0) is 24.6 Å². The summed E-state index contributed by atoms with van der Waals surface area (Å²) in [6, 6.07) is 13.5. The molecule has 5 heteroatoms. The Morgan fingerprint density at radius 1 is 1.14 bits per heavy atom. The normalized spacial score (nSPS) is 10.5. The lowest BCUT2D eigenvalue weighted by atomic mass is 10.2. The molecule has 2 rings (SSSR count). The predicted octanol–water partition coefficient (Wildman–Crippen LogP) is 4.97. The van der Waals surface area contributed by atoms with Gasteiger partial charge in [-0.15, -0.1) is 0 Å². The van der Waals surface area contributed by atoms with E-state index in [0.717, 1.165) is 11.5 Å². The number of rotatable bonds is 6. The SMILES string of the molecule is Cc1cccc(CSCCNC(=O)c2c(Cl)cccc2Cl)c1. The molecule has 0 atom stereocenters. The lowest BCUT2D eigenvalue weighted by Gasteiger charge is -2.08. The second kappa shape index (κ2) is 8.47. The maximum Gasteiger partial charge on any atom is 0.254 e. The van der Waals surface area contributed by atoms with Crippen molar-refractivity contribution in [3.8, 4) is 0 Å². The van der Waals surface area contributed by atoms with Crippen LogP contribution in [-0.2, 0) is 5.75 Å². The van der Waals surface area contributed by atoms with Crippen molar-refractivity contribution in [2.75, 3.05) is 12.3 Å². The Bertz CT molecular complexity index is 641. The quantitative estimate of drug-likeness (QED) is 0.743. The monoisotopic (exact) mass is 353 g/mol. The van der Waals surface area contributed by atoms with E-state index in [9.17, 15) is 4.79 Å². The first-order valence-corrected chi connectivity index (χ1v) is 8.84. The van der Waals surface area contributed by atoms with Crippen molar-refractivity contribution >= 4 is 40.9 Å². The molecule has 0 aliphatic heterocycles. The fourth-order valence-corrected chi connectivity index (χ4v) is 3.41. The first-order chi connectivity index (χ1) is 10.6. The Labute approximate surface area is 145 Å². The van der Waals surface area contributed by atoms with E-state index in [1.807, 2.05) is 0 Å². The number of hydrogen-bond acceptors (Lipinski definition) is 2. The van der Waals surface area contributed by atoms with Crippen LogP contribution in [0.3, 0.4) is 0 Å². The van der Waals surface area contributed by atoms with E-state index >= 15 is 0 Å². The molecule has 116 valence electrons. The smallest absolute Gasteiger partial charge is 0.254 e. The van der Waals surface area contributed by atoms with Gasteiger partial charge in [0.1, 0.15) is 0 Å². The lowest BCUT2D eigenvalue weighted by molar-refractivity contribution is 0.0956. The third-order valence-corrected chi connectivity index (χ3v) is 4.73. The fourth-order valence-electron chi connectivity index (χ4n) is 2.03. The van der Waals surface area contributed by atoms with Gasteiger partial charge in [0, 0.05) is 18.1 Å². The second-order valence-electron chi connectivity index (χ2n) is 4.89. The molecule has 2 aromatic carbocycles. The molecule has 0 spiro atoms. The number of benzene rings is 2. The number of hydrogen-bond donors (Lipinski definition) is 1. The molecule has 0 aliphatic carbocycles. The van der Waals surface area contributed by atoms with Gasteiger partial charge in [-0.25, -0.2) is 0 Å². The second-order valence-corrected chi connectivity index (χ2v) is 6.81. The molecule has 0 heterocycles. The highest BCUT2D eigenvalue weighted by Crippen LogP contribution is 2.23.